The van der Waals surface area contributed by atoms with Crippen molar-refractivity contribution in [2.45, 2.75) is 26.2 Å². The molecule has 0 spiro atoms. The van der Waals surface area contributed by atoms with E-state index in [4.69, 9.17) is 18.9 Å². The van der Waals surface area contributed by atoms with Crippen LogP contribution in [0.25, 0.3) is 11.1 Å². The number of ether oxygens (including phenoxy) is 4. The number of hydrogen-bond donors (Lipinski definition) is 1. The first-order chi connectivity index (χ1) is 24.7. The summed E-state index contributed by atoms with van der Waals surface area (Å²) in [5, 5.41) is 10.3. The van der Waals surface area contributed by atoms with E-state index >= 15 is 0 Å². The maximum atomic E-state index is 10.3. The highest BCUT2D eigenvalue weighted by molar-refractivity contribution is 5.98. The van der Waals surface area contributed by atoms with Crippen LogP contribution in [0, 0.1) is 0 Å². The highest BCUT2D eigenvalue weighted by Gasteiger charge is 2.15. The smallest absolute Gasteiger partial charge is 0.119 e. The van der Waals surface area contributed by atoms with Gasteiger partial charge in [0.05, 0.1) is 13.2 Å². The van der Waals surface area contributed by atoms with Crippen LogP contribution in [0.2, 0.25) is 0 Å². The monoisotopic (exact) mass is 662 g/mol. The van der Waals surface area contributed by atoms with Crippen molar-refractivity contribution in [2.24, 2.45) is 0 Å². The number of aliphatic hydroxyl groups is 1. The molecule has 0 heterocycles. The maximum Gasteiger partial charge on any atom is 0.119 e. The Labute approximate surface area is 295 Å². The van der Waals surface area contributed by atoms with Gasteiger partial charge in [0.25, 0.3) is 0 Å². The predicted molar refractivity (Wildman–Crippen MR) is 200 cm³/mol. The molecule has 50 heavy (non-hydrogen) atoms. The second kappa shape index (κ2) is 18.2. The van der Waals surface area contributed by atoms with Crippen molar-refractivity contribution in [1.29, 1.82) is 0 Å². The molecule has 0 aliphatic carbocycles. The number of aliphatic hydroxyl groups excluding tert-OH is 1. The van der Waals surface area contributed by atoms with Crippen molar-refractivity contribution in [3.8, 4) is 17.2 Å². The van der Waals surface area contributed by atoms with Gasteiger partial charge in [0.1, 0.15) is 37.1 Å². The van der Waals surface area contributed by atoms with E-state index in [1.807, 2.05) is 91.0 Å². The van der Waals surface area contributed by atoms with Crippen molar-refractivity contribution >= 4 is 11.1 Å². The van der Waals surface area contributed by atoms with Crippen LogP contribution < -0.4 is 14.2 Å². The number of hydrogen-bond acceptors (Lipinski definition) is 5. The zero-order chi connectivity index (χ0) is 34.2. The molecule has 0 radical (unpaired) electrons. The summed E-state index contributed by atoms with van der Waals surface area (Å²) in [5.41, 5.74) is 8.48. The molecule has 0 fully saturated rings. The van der Waals surface area contributed by atoms with Gasteiger partial charge in [0.15, 0.2) is 0 Å². The quantitative estimate of drug-likeness (QED) is 0.0779. The molecule has 0 aromatic heterocycles. The largest absolute Gasteiger partial charge is 0.491 e. The summed E-state index contributed by atoms with van der Waals surface area (Å²) in [6, 6.07) is 54.8. The first-order valence-electron chi connectivity index (χ1n) is 17.0. The summed E-state index contributed by atoms with van der Waals surface area (Å²) in [4.78, 5) is 0. The van der Waals surface area contributed by atoms with Crippen molar-refractivity contribution in [1.82, 2.24) is 0 Å². The molecule has 0 bridgehead atoms. The summed E-state index contributed by atoms with van der Waals surface area (Å²) < 4.78 is 24.0. The van der Waals surface area contributed by atoms with Gasteiger partial charge in [-0.05, 0) is 87.3 Å². The lowest BCUT2D eigenvalue weighted by Crippen LogP contribution is -2.06. The Bertz CT molecular complexity index is 1890. The molecule has 0 amide bonds. The van der Waals surface area contributed by atoms with Crippen LogP contribution in [0.5, 0.6) is 17.2 Å². The Morgan fingerprint density at radius 2 is 0.800 bits per heavy atom. The summed E-state index contributed by atoms with van der Waals surface area (Å²) in [6.07, 6.45) is 0.475. The third kappa shape index (κ3) is 9.95. The predicted octanol–water partition coefficient (Wildman–Crippen LogP) is 9.78. The Balaban J connectivity index is 1.22. The average molecular weight is 663 g/mol. The second-order valence-electron chi connectivity index (χ2n) is 11.8. The Morgan fingerprint density at radius 1 is 0.400 bits per heavy atom. The summed E-state index contributed by atoms with van der Waals surface area (Å²) in [5.74, 6) is 2.35. The van der Waals surface area contributed by atoms with Crippen LogP contribution in [0.4, 0.5) is 0 Å². The maximum absolute atomic E-state index is 10.3. The topological polar surface area (TPSA) is 57.2 Å². The van der Waals surface area contributed by atoms with E-state index in [0.717, 1.165) is 61.8 Å². The molecule has 6 aromatic carbocycles. The zero-order valence-corrected chi connectivity index (χ0v) is 28.1. The fourth-order valence-electron chi connectivity index (χ4n) is 5.69. The Hall–Kier alpha value is -5.62. The fourth-order valence-corrected chi connectivity index (χ4v) is 5.69. The Morgan fingerprint density at radius 3 is 1.24 bits per heavy atom. The van der Waals surface area contributed by atoms with Crippen LogP contribution in [0.3, 0.4) is 0 Å². The SMILES string of the molecule is OCC/C(=C(/c1ccc(OCCOCc2ccccc2)cc1)c1ccc(OCc2ccccc2)cc1)c1ccc(OCc2ccccc2)cc1. The van der Waals surface area contributed by atoms with Gasteiger partial charge >= 0.3 is 0 Å². The van der Waals surface area contributed by atoms with Gasteiger partial charge in [-0.3, -0.25) is 0 Å². The van der Waals surface area contributed by atoms with E-state index in [9.17, 15) is 5.11 Å². The van der Waals surface area contributed by atoms with E-state index < -0.39 is 0 Å². The summed E-state index contributed by atoms with van der Waals surface area (Å²) in [7, 11) is 0. The van der Waals surface area contributed by atoms with E-state index in [1.165, 1.54) is 0 Å². The molecular formula is C45H42O5. The van der Waals surface area contributed by atoms with E-state index in [1.54, 1.807) is 0 Å². The standard InChI is InChI=1S/C45H42O5/c46-29-28-44(38-16-22-42(23-17-38)49-33-36-12-6-2-7-13-36)45(40-20-26-43(27-21-40)50-34-37-14-8-3-9-15-37)39-18-24-41(25-19-39)48-31-30-47-32-35-10-4-1-5-11-35/h1-27,46H,28-34H2/b45-44+. The fraction of sp³-hybridized carbons (Fsp3) is 0.156. The van der Waals surface area contributed by atoms with Crippen molar-refractivity contribution in [3.63, 3.8) is 0 Å². The van der Waals surface area contributed by atoms with Crippen molar-refractivity contribution < 1.29 is 24.1 Å². The van der Waals surface area contributed by atoms with E-state index in [-0.39, 0.29) is 6.61 Å². The van der Waals surface area contributed by atoms with Gasteiger partial charge in [-0.2, -0.15) is 0 Å². The van der Waals surface area contributed by atoms with Crippen LogP contribution in [0.15, 0.2) is 164 Å². The molecule has 6 aromatic rings. The third-order valence-electron chi connectivity index (χ3n) is 8.26. The minimum Gasteiger partial charge on any atom is -0.491 e. The molecule has 0 aliphatic rings. The van der Waals surface area contributed by atoms with Gasteiger partial charge in [0, 0.05) is 6.61 Å². The number of benzene rings is 6. The highest BCUT2D eigenvalue weighted by Crippen LogP contribution is 2.36. The van der Waals surface area contributed by atoms with Crippen LogP contribution in [-0.4, -0.2) is 24.9 Å². The Kier molecular flexibility index (Phi) is 12.5. The minimum absolute atomic E-state index is 0.00748. The zero-order valence-electron chi connectivity index (χ0n) is 28.1. The lowest BCUT2D eigenvalue weighted by atomic mass is 9.88. The van der Waals surface area contributed by atoms with E-state index in [2.05, 4.69) is 72.8 Å². The lowest BCUT2D eigenvalue weighted by Gasteiger charge is -2.18. The molecule has 0 atom stereocenters. The third-order valence-corrected chi connectivity index (χ3v) is 8.26. The minimum atomic E-state index is 0.00748. The van der Waals surface area contributed by atoms with Gasteiger partial charge in [-0.15, -0.1) is 0 Å². The molecule has 0 saturated carbocycles. The molecule has 5 heteroatoms. The number of rotatable bonds is 17. The van der Waals surface area contributed by atoms with Crippen molar-refractivity contribution in [2.75, 3.05) is 19.8 Å². The molecule has 1 N–H and O–H groups in total. The molecule has 0 saturated heterocycles. The normalized spacial score (nSPS) is 11.5. The highest BCUT2D eigenvalue weighted by atomic mass is 16.5. The van der Waals surface area contributed by atoms with Crippen molar-refractivity contribution in [3.05, 3.63) is 197 Å². The van der Waals surface area contributed by atoms with Crippen LogP contribution in [0.1, 0.15) is 39.8 Å². The van der Waals surface area contributed by atoms with Gasteiger partial charge < -0.3 is 24.1 Å². The molecule has 252 valence electrons. The van der Waals surface area contributed by atoms with Gasteiger partial charge in [0.2, 0.25) is 0 Å². The average Bonchev–Trinajstić information content (AvgIpc) is 3.18. The molecule has 6 rings (SSSR count). The molecular weight excluding hydrogens is 620 g/mol. The molecule has 0 unspecified atom stereocenters. The first kappa shape index (κ1) is 34.3. The van der Waals surface area contributed by atoms with Gasteiger partial charge in [-0.1, -0.05) is 127 Å². The van der Waals surface area contributed by atoms with Crippen LogP contribution >= 0.6 is 0 Å². The first-order valence-corrected chi connectivity index (χ1v) is 17.0. The summed E-state index contributed by atoms with van der Waals surface area (Å²) in [6.45, 7) is 2.50. The van der Waals surface area contributed by atoms with Crippen LogP contribution in [-0.2, 0) is 24.6 Å². The second-order valence-corrected chi connectivity index (χ2v) is 11.8. The molecule has 0 aliphatic heterocycles. The van der Waals surface area contributed by atoms with Gasteiger partial charge in [-0.25, -0.2) is 0 Å². The lowest BCUT2D eigenvalue weighted by molar-refractivity contribution is 0.0889. The summed E-state index contributed by atoms with van der Waals surface area (Å²) >= 11 is 0. The van der Waals surface area contributed by atoms with E-state index in [0.29, 0.717) is 39.5 Å². The molecule has 5 nitrogen and oxygen atoms in total.